The Kier molecular flexibility index (Phi) is 8.29. The summed E-state index contributed by atoms with van der Waals surface area (Å²) in [6.45, 7) is 5.99. The normalized spacial score (nSPS) is 17.5. The zero-order valence-electron chi connectivity index (χ0n) is 19.4. The average molecular weight is 456 g/mol. The molecule has 1 N–H and O–H groups in total. The molecule has 178 valence electrons. The summed E-state index contributed by atoms with van der Waals surface area (Å²) in [4.78, 5) is 19.8. The minimum absolute atomic E-state index is 0.0506. The van der Waals surface area contributed by atoms with Gasteiger partial charge in [0.05, 0.1) is 6.20 Å². The predicted molar refractivity (Wildman–Crippen MR) is 125 cm³/mol. The topological polar surface area (TPSA) is 63.7 Å². The summed E-state index contributed by atoms with van der Waals surface area (Å²) in [6, 6.07) is 8.41. The van der Waals surface area contributed by atoms with Gasteiger partial charge in [0.15, 0.2) is 0 Å². The number of ether oxygens (including phenoxy) is 2. The number of hydrogen-bond donors (Lipinski definition) is 1. The van der Waals surface area contributed by atoms with Crippen LogP contribution in [0.4, 0.5) is 4.39 Å². The summed E-state index contributed by atoms with van der Waals surface area (Å²) < 4.78 is 24.4. The van der Waals surface area contributed by atoms with Crippen LogP contribution in [0.25, 0.3) is 0 Å². The summed E-state index contributed by atoms with van der Waals surface area (Å²) >= 11 is 0. The minimum atomic E-state index is -0.301. The summed E-state index contributed by atoms with van der Waals surface area (Å²) in [5, 5.41) is 3.61. The maximum Gasteiger partial charge on any atom is 0.225 e. The maximum absolute atomic E-state index is 13.2. The molecule has 7 heteroatoms. The maximum atomic E-state index is 13.2. The zero-order chi connectivity index (χ0) is 23.0. The third-order valence-corrected chi connectivity index (χ3v) is 6.60. The van der Waals surface area contributed by atoms with Gasteiger partial charge in [0.2, 0.25) is 5.91 Å². The first-order valence-corrected chi connectivity index (χ1v) is 12.1. The second-order valence-corrected chi connectivity index (χ2v) is 8.93. The zero-order valence-corrected chi connectivity index (χ0v) is 19.4. The lowest BCUT2D eigenvalue weighted by Gasteiger charge is -2.31. The number of aromatic nitrogens is 1. The smallest absolute Gasteiger partial charge is 0.225 e. The lowest BCUT2D eigenvalue weighted by Crippen LogP contribution is -2.40. The molecule has 1 aromatic carbocycles. The van der Waals surface area contributed by atoms with Gasteiger partial charge in [-0.1, -0.05) is 6.92 Å². The molecule has 0 saturated carbocycles. The van der Waals surface area contributed by atoms with Crippen molar-refractivity contribution in [3.8, 4) is 11.5 Å². The van der Waals surface area contributed by atoms with Gasteiger partial charge in [-0.3, -0.25) is 9.78 Å². The molecule has 1 saturated heterocycles. The first-order chi connectivity index (χ1) is 16.1. The molecule has 0 aliphatic carbocycles. The van der Waals surface area contributed by atoms with Crippen molar-refractivity contribution in [2.75, 3.05) is 26.3 Å². The third-order valence-electron chi connectivity index (χ3n) is 6.60. The van der Waals surface area contributed by atoms with Crippen LogP contribution in [-0.2, 0) is 22.5 Å². The first kappa shape index (κ1) is 23.6. The number of hydrogen-bond acceptors (Lipinski definition) is 5. The van der Waals surface area contributed by atoms with Crippen LogP contribution in [0.5, 0.6) is 11.5 Å². The van der Waals surface area contributed by atoms with Gasteiger partial charge in [0.25, 0.3) is 0 Å². The number of fused-ring (bicyclic) bond motifs is 1. The Morgan fingerprint density at radius 1 is 1.27 bits per heavy atom. The number of carbonyl (C=O) groups is 1. The summed E-state index contributed by atoms with van der Waals surface area (Å²) in [5.41, 5.74) is 2.03. The van der Waals surface area contributed by atoms with Gasteiger partial charge in [0, 0.05) is 50.4 Å². The molecule has 0 bridgehead atoms. The van der Waals surface area contributed by atoms with E-state index in [9.17, 15) is 9.18 Å². The van der Waals surface area contributed by atoms with Crippen LogP contribution in [0.3, 0.4) is 0 Å². The number of nitrogens with zero attached hydrogens (tertiary/aromatic N) is 2. The van der Waals surface area contributed by atoms with Gasteiger partial charge >= 0.3 is 0 Å². The molecule has 2 aromatic rings. The molecule has 1 aromatic heterocycles. The van der Waals surface area contributed by atoms with E-state index < -0.39 is 0 Å². The number of carbonyl (C=O) groups excluding carboxylic acids is 1. The van der Waals surface area contributed by atoms with Gasteiger partial charge in [-0.2, -0.15) is 0 Å². The highest BCUT2D eigenvalue weighted by atomic mass is 19.1. The molecule has 1 atom stereocenters. The highest BCUT2D eigenvalue weighted by molar-refractivity contribution is 5.79. The fraction of sp³-hybridized carbons (Fsp3) is 0.538. The summed E-state index contributed by atoms with van der Waals surface area (Å²) in [7, 11) is 0. The van der Waals surface area contributed by atoms with Crippen LogP contribution in [0.15, 0.2) is 36.5 Å². The molecule has 0 spiro atoms. The SMILES string of the molecule is CC[C@H](CCCNC1CCOCC1)C(=O)N1CCc2ncc(Oc3ccc(F)cc3)cc2C1. The Labute approximate surface area is 195 Å². The van der Waals surface area contributed by atoms with Crippen LogP contribution in [0.1, 0.15) is 50.3 Å². The Morgan fingerprint density at radius 3 is 2.82 bits per heavy atom. The lowest BCUT2D eigenvalue weighted by molar-refractivity contribution is -0.136. The number of amides is 1. The van der Waals surface area contributed by atoms with Crippen molar-refractivity contribution in [3.05, 3.63) is 53.6 Å². The molecule has 0 radical (unpaired) electrons. The van der Waals surface area contributed by atoms with E-state index in [0.29, 0.717) is 30.6 Å². The van der Waals surface area contributed by atoms with E-state index in [0.717, 1.165) is 69.5 Å². The largest absolute Gasteiger partial charge is 0.456 e. The second kappa shape index (κ2) is 11.6. The standard InChI is InChI=1S/C26H34FN3O3/c1-2-19(4-3-12-28-22-10-14-32-15-11-22)26(31)30-13-9-25-20(18-30)16-24(17-29-25)33-23-7-5-21(27)6-8-23/h5-8,16-17,19,22,28H,2-4,9-15,18H2,1H3/t19-/m1/s1. The highest BCUT2D eigenvalue weighted by Crippen LogP contribution is 2.27. The third kappa shape index (κ3) is 6.51. The van der Waals surface area contributed by atoms with E-state index >= 15 is 0 Å². The van der Waals surface area contributed by atoms with Gasteiger partial charge in [0.1, 0.15) is 17.3 Å². The monoisotopic (exact) mass is 455 g/mol. The van der Waals surface area contributed by atoms with Crippen LogP contribution < -0.4 is 10.1 Å². The van der Waals surface area contributed by atoms with E-state index in [1.807, 2.05) is 11.0 Å². The number of benzene rings is 1. The quantitative estimate of drug-likeness (QED) is 0.565. The number of nitrogens with one attached hydrogen (secondary N) is 1. The number of rotatable bonds is 9. The molecule has 1 amide bonds. The molecule has 0 unspecified atom stereocenters. The minimum Gasteiger partial charge on any atom is -0.456 e. The van der Waals surface area contributed by atoms with E-state index in [4.69, 9.17) is 9.47 Å². The van der Waals surface area contributed by atoms with Crippen molar-refractivity contribution in [1.29, 1.82) is 0 Å². The molecule has 33 heavy (non-hydrogen) atoms. The first-order valence-electron chi connectivity index (χ1n) is 12.1. The molecule has 2 aliphatic heterocycles. The van der Waals surface area contributed by atoms with E-state index in [-0.39, 0.29) is 17.6 Å². The van der Waals surface area contributed by atoms with Crippen molar-refractivity contribution in [2.24, 2.45) is 5.92 Å². The van der Waals surface area contributed by atoms with Crippen molar-refractivity contribution in [2.45, 2.75) is 58.0 Å². The van der Waals surface area contributed by atoms with Gasteiger partial charge < -0.3 is 19.7 Å². The van der Waals surface area contributed by atoms with Gasteiger partial charge in [-0.15, -0.1) is 0 Å². The fourth-order valence-electron chi connectivity index (χ4n) is 4.60. The van der Waals surface area contributed by atoms with Crippen LogP contribution in [-0.4, -0.2) is 48.1 Å². The Bertz CT molecular complexity index is 915. The molecular formula is C26H34FN3O3. The molecule has 2 aliphatic rings. The van der Waals surface area contributed by atoms with E-state index in [1.165, 1.54) is 12.1 Å². The molecule has 6 nitrogen and oxygen atoms in total. The fourth-order valence-corrected chi connectivity index (χ4v) is 4.60. The Morgan fingerprint density at radius 2 is 2.06 bits per heavy atom. The summed E-state index contributed by atoms with van der Waals surface area (Å²) in [6.07, 6.45) is 7.35. The van der Waals surface area contributed by atoms with E-state index in [2.05, 4.69) is 17.2 Å². The number of halogens is 1. The van der Waals surface area contributed by atoms with Crippen LogP contribution in [0.2, 0.25) is 0 Å². The van der Waals surface area contributed by atoms with E-state index in [1.54, 1.807) is 18.3 Å². The van der Waals surface area contributed by atoms with Gasteiger partial charge in [-0.25, -0.2) is 4.39 Å². The molecular weight excluding hydrogens is 421 g/mol. The van der Waals surface area contributed by atoms with Crippen LogP contribution >= 0.6 is 0 Å². The summed E-state index contributed by atoms with van der Waals surface area (Å²) in [5.74, 6) is 1.14. The average Bonchev–Trinajstić information content (AvgIpc) is 2.85. The number of pyridine rings is 1. The van der Waals surface area contributed by atoms with Crippen molar-refractivity contribution < 1.29 is 18.7 Å². The molecule has 1 fully saturated rings. The van der Waals surface area contributed by atoms with Crippen LogP contribution in [0, 0.1) is 11.7 Å². The van der Waals surface area contributed by atoms with Crippen molar-refractivity contribution in [3.63, 3.8) is 0 Å². The Hall–Kier alpha value is -2.51. The predicted octanol–water partition coefficient (Wildman–Crippen LogP) is 4.47. The second-order valence-electron chi connectivity index (χ2n) is 8.93. The molecule has 4 rings (SSSR count). The lowest BCUT2D eigenvalue weighted by atomic mass is 9.96. The van der Waals surface area contributed by atoms with Gasteiger partial charge in [-0.05, 0) is 74.5 Å². The van der Waals surface area contributed by atoms with Crippen molar-refractivity contribution in [1.82, 2.24) is 15.2 Å². The molecule has 3 heterocycles. The Balaban J connectivity index is 1.30. The highest BCUT2D eigenvalue weighted by Gasteiger charge is 2.27. The van der Waals surface area contributed by atoms with Crippen molar-refractivity contribution >= 4 is 5.91 Å².